The van der Waals surface area contributed by atoms with Crippen molar-refractivity contribution in [2.45, 2.75) is 19.6 Å². The van der Waals surface area contributed by atoms with E-state index in [0.29, 0.717) is 11.3 Å². The Labute approximate surface area is 142 Å². The number of ether oxygens (including phenoxy) is 2. The first kappa shape index (κ1) is 16.9. The molecule has 2 aromatic rings. The summed E-state index contributed by atoms with van der Waals surface area (Å²) in [5.41, 5.74) is 0.163. The number of carbonyl (C=O) groups is 2. The van der Waals surface area contributed by atoms with Gasteiger partial charge in [-0.25, -0.2) is 14.8 Å². The highest BCUT2D eigenvalue weighted by Gasteiger charge is 2.39. The molecule has 1 atom stereocenters. The minimum atomic E-state index is -1.32. The number of benzene rings is 1. The Bertz CT molecular complexity index is 841. The number of para-hydroxylation sites is 1. The van der Waals surface area contributed by atoms with Crippen LogP contribution in [-0.4, -0.2) is 22.9 Å². The van der Waals surface area contributed by atoms with E-state index in [4.69, 9.17) is 13.9 Å². The maximum absolute atomic E-state index is 11.9. The van der Waals surface area contributed by atoms with Gasteiger partial charge in [0.1, 0.15) is 17.1 Å². The summed E-state index contributed by atoms with van der Waals surface area (Å²) in [5, 5.41) is 19.4. The van der Waals surface area contributed by atoms with Gasteiger partial charge >= 0.3 is 11.9 Å². The molecular weight excluding hydrogens is 330 g/mol. The van der Waals surface area contributed by atoms with E-state index in [-0.39, 0.29) is 17.0 Å². The highest BCUT2D eigenvalue weighted by Crippen LogP contribution is 2.29. The van der Waals surface area contributed by atoms with Gasteiger partial charge in [-0.1, -0.05) is 12.1 Å². The van der Waals surface area contributed by atoms with Crippen molar-refractivity contribution >= 4 is 23.7 Å². The molecule has 1 saturated heterocycles. The van der Waals surface area contributed by atoms with Crippen LogP contribution in [-0.2, 0) is 19.1 Å². The molecule has 1 fully saturated rings. The number of carbonyl (C=O) groups excluding carboxylic acids is 2. The van der Waals surface area contributed by atoms with Crippen LogP contribution >= 0.6 is 0 Å². The van der Waals surface area contributed by atoms with Crippen LogP contribution in [0.25, 0.3) is 17.4 Å². The van der Waals surface area contributed by atoms with Gasteiger partial charge in [0.05, 0.1) is 5.56 Å². The largest absolute Gasteiger partial charge is 0.595 e. The Kier molecular flexibility index (Phi) is 4.17. The molecule has 8 heteroatoms. The molecule has 1 aromatic heterocycles. The maximum atomic E-state index is 11.9. The molecule has 1 unspecified atom stereocenters. The third kappa shape index (κ3) is 3.45. The second kappa shape index (κ2) is 6.17. The first-order chi connectivity index (χ1) is 11.8. The van der Waals surface area contributed by atoms with Gasteiger partial charge < -0.3 is 19.1 Å². The molecule has 8 nitrogen and oxygen atoms in total. The number of hydrogen-bond donors (Lipinski definition) is 2. The van der Waals surface area contributed by atoms with E-state index in [1.807, 2.05) is 0 Å². The quantitative estimate of drug-likeness (QED) is 0.376. The molecule has 0 amide bonds. The van der Waals surface area contributed by atoms with Crippen LogP contribution in [0.5, 0.6) is 0 Å². The molecule has 1 aliphatic heterocycles. The number of rotatable bonds is 3. The lowest BCUT2D eigenvalue weighted by atomic mass is 10.1. The van der Waals surface area contributed by atoms with E-state index < -0.39 is 23.0 Å². The maximum Gasteiger partial charge on any atom is 0.348 e. The summed E-state index contributed by atoms with van der Waals surface area (Å²) in [6, 6.07) is 9.41. The zero-order chi connectivity index (χ0) is 18.2. The Morgan fingerprint density at radius 3 is 2.36 bits per heavy atom. The normalized spacial score (nSPS) is 17.7. The van der Waals surface area contributed by atoms with E-state index in [1.165, 1.54) is 32.1 Å². The van der Waals surface area contributed by atoms with Gasteiger partial charge in [0.2, 0.25) is 0 Å². The molecule has 2 N–H and O–H groups in total. The SMILES string of the molecule is CC1(C)OC(=O)C(=Cc2ccc(-c3ccccc3[NH+]([O-])O)o2)C(=O)O1. The van der Waals surface area contributed by atoms with Crippen molar-refractivity contribution in [3.63, 3.8) is 0 Å². The fourth-order valence-corrected chi connectivity index (χ4v) is 2.38. The van der Waals surface area contributed by atoms with Crippen LogP contribution in [0.4, 0.5) is 5.69 Å². The van der Waals surface area contributed by atoms with E-state index in [0.717, 1.165) is 0 Å². The van der Waals surface area contributed by atoms with Gasteiger partial charge in [-0.3, -0.25) is 0 Å². The summed E-state index contributed by atoms with van der Waals surface area (Å²) in [6.45, 7) is 2.90. The Balaban J connectivity index is 1.93. The number of esters is 2. The second-order valence-electron chi connectivity index (χ2n) is 5.79. The molecule has 3 rings (SSSR count). The van der Waals surface area contributed by atoms with Crippen molar-refractivity contribution in [3.05, 3.63) is 52.9 Å². The lowest BCUT2D eigenvalue weighted by Crippen LogP contribution is -2.99. The van der Waals surface area contributed by atoms with Gasteiger partial charge in [-0.05, 0) is 18.2 Å². The lowest BCUT2D eigenvalue weighted by molar-refractivity contribution is -0.991. The zero-order valence-corrected chi connectivity index (χ0v) is 13.4. The third-order valence-electron chi connectivity index (χ3n) is 3.45. The predicted octanol–water partition coefficient (Wildman–Crippen LogP) is 1.57. The number of nitrogens with one attached hydrogen (secondary N) is 1. The topological polar surface area (TPSA) is 113 Å². The predicted molar refractivity (Wildman–Crippen MR) is 84.2 cm³/mol. The number of hydrogen-bond acceptors (Lipinski definition) is 7. The summed E-state index contributed by atoms with van der Waals surface area (Å²) < 4.78 is 15.6. The van der Waals surface area contributed by atoms with Crippen molar-refractivity contribution in [3.8, 4) is 11.3 Å². The molecule has 0 aliphatic carbocycles. The molecule has 0 bridgehead atoms. The van der Waals surface area contributed by atoms with Crippen LogP contribution in [0.3, 0.4) is 0 Å². The fraction of sp³-hybridized carbons (Fsp3) is 0.176. The molecule has 1 aromatic carbocycles. The summed E-state index contributed by atoms with van der Waals surface area (Å²) in [5.74, 6) is -2.46. The summed E-state index contributed by atoms with van der Waals surface area (Å²) in [6.07, 6.45) is 1.20. The lowest BCUT2D eigenvalue weighted by Gasteiger charge is -2.29. The smallest absolute Gasteiger partial charge is 0.348 e. The van der Waals surface area contributed by atoms with E-state index >= 15 is 0 Å². The van der Waals surface area contributed by atoms with Crippen LogP contribution < -0.4 is 5.23 Å². The number of furan rings is 1. The van der Waals surface area contributed by atoms with Gasteiger partial charge in [-0.2, -0.15) is 5.23 Å². The van der Waals surface area contributed by atoms with Crippen molar-refractivity contribution in [2.24, 2.45) is 0 Å². The molecule has 0 spiro atoms. The Morgan fingerprint density at radius 2 is 1.72 bits per heavy atom. The highest BCUT2D eigenvalue weighted by molar-refractivity contribution is 6.18. The molecule has 25 heavy (non-hydrogen) atoms. The molecule has 130 valence electrons. The molecule has 0 saturated carbocycles. The zero-order valence-electron chi connectivity index (χ0n) is 13.4. The van der Waals surface area contributed by atoms with Crippen molar-refractivity contribution in [1.29, 1.82) is 0 Å². The Hall–Kier alpha value is -2.94. The molecular formula is C17H15NO7. The highest BCUT2D eigenvalue weighted by atomic mass is 16.8. The van der Waals surface area contributed by atoms with Crippen molar-refractivity contribution < 1.29 is 33.9 Å². The van der Waals surface area contributed by atoms with E-state index in [9.17, 15) is 20.0 Å². The first-order valence-corrected chi connectivity index (χ1v) is 7.38. The van der Waals surface area contributed by atoms with Gasteiger partial charge in [0.15, 0.2) is 5.69 Å². The minimum absolute atomic E-state index is 0.0780. The number of quaternary nitrogens is 1. The molecule has 1 aliphatic rings. The molecule has 0 radical (unpaired) electrons. The van der Waals surface area contributed by atoms with Gasteiger partial charge in [-0.15, -0.1) is 0 Å². The number of cyclic esters (lactones) is 2. The first-order valence-electron chi connectivity index (χ1n) is 7.38. The van der Waals surface area contributed by atoms with Crippen molar-refractivity contribution in [1.82, 2.24) is 0 Å². The van der Waals surface area contributed by atoms with E-state index in [1.54, 1.807) is 24.3 Å². The molecule has 2 heterocycles. The fourth-order valence-electron chi connectivity index (χ4n) is 2.38. The van der Waals surface area contributed by atoms with Crippen LogP contribution in [0, 0.1) is 5.21 Å². The van der Waals surface area contributed by atoms with Gasteiger partial charge in [0.25, 0.3) is 5.79 Å². The third-order valence-corrected chi connectivity index (χ3v) is 3.45. The summed E-state index contributed by atoms with van der Waals surface area (Å²) >= 11 is 0. The second-order valence-corrected chi connectivity index (χ2v) is 5.79. The van der Waals surface area contributed by atoms with E-state index in [2.05, 4.69) is 0 Å². The van der Waals surface area contributed by atoms with Crippen LogP contribution in [0.2, 0.25) is 0 Å². The summed E-state index contributed by atoms with van der Waals surface area (Å²) in [4.78, 5) is 23.9. The monoisotopic (exact) mass is 345 g/mol. The van der Waals surface area contributed by atoms with Crippen LogP contribution in [0.1, 0.15) is 19.6 Å². The van der Waals surface area contributed by atoms with Gasteiger partial charge in [0, 0.05) is 26.0 Å². The Morgan fingerprint density at radius 1 is 1.08 bits per heavy atom. The average molecular weight is 345 g/mol. The van der Waals surface area contributed by atoms with Crippen molar-refractivity contribution in [2.75, 3.05) is 0 Å². The van der Waals surface area contributed by atoms with Crippen LogP contribution in [0.15, 0.2) is 46.4 Å². The minimum Gasteiger partial charge on any atom is -0.595 e. The standard InChI is InChI=1S/C17H15NO7/c1-17(2)24-15(19)12(16(20)25-17)9-10-7-8-14(23-10)11-5-3-4-6-13(11)18(21)22/h3-9,18,21H,1-2H3. The average Bonchev–Trinajstić information content (AvgIpc) is 2.98. The summed E-state index contributed by atoms with van der Waals surface area (Å²) in [7, 11) is 0.